The number of nitrogens with zero attached hydrogens (tertiary/aromatic N) is 6. The molecule has 1 saturated heterocycles. The molecule has 3 heterocycles. The van der Waals surface area contributed by atoms with Crippen LogP contribution in [-0.4, -0.2) is 75.0 Å². The number of piperidine rings is 1. The Balaban J connectivity index is 0.741. The van der Waals surface area contributed by atoms with Gasteiger partial charge in [-0.15, -0.1) is 0 Å². The molecule has 0 amide bonds. The molecule has 76 heavy (non-hydrogen) atoms. The molecule has 1 atom stereocenters. The zero-order valence-electron chi connectivity index (χ0n) is 44.8. The first kappa shape index (κ1) is 54.2. The summed E-state index contributed by atoms with van der Waals surface area (Å²) in [6, 6.07) is 48.4. The predicted molar refractivity (Wildman–Crippen MR) is 310 cm³/mol. The Hall–Kier alpha value is -6.56. The first-order chi connectivity index (χ1) is 37.0. The molecule has 1 aliphatic rings. The predicted octanol–water partition coefficient (Wildman–Crippen LogP) is 16.6. The van der Waals surface area contributed by atoms with Gasteiger partial charge in [0.1, 0.15) is 46.1 Å². The molecule has 6 aromatic carbocycles. The van der Waals surface area contributed by atoms with Crippen molar-refractivity contribution in [2.24, 2.45) is 5.41 Å². The van der Waals surface area contributed by atoms with Gasteiger partial charge in [-0.2, -0.15) is 0 Å². The fourth-order valence-corrected chi connectivity index (χ4v) is 10.2. The van der Waals surface area contributed by atoms with Gasteiger partial charge in [0, 0.05) is 75.8 Å². The lowest BCUT2D eigenvalue weighted by atomic mass is 9.94. The van der Waals surface area contributed by atoms with Gasteiger partial charge in [-0.25, -0.2) is 9.97 Å². The Morgan fingerprint density at radius 1 is 0.566 bits per heavy atom. The summed E-state index contributed by atoms with van der Waals surface area (Å²) in [5, 5.41) is 1.36. The topological polar surface area (TPSA) is 79.0 Å². The van der Waals surface area contributed by atoms with E-state index < -0.39 is 0 Å². The van der Waals surface area contributed by atoms with Gasteiger partial charge in [-0.1, -0.05) is 70.2 Å². The van der Waals surface area contributed by atoms with Gasteiger partial charge in [0.05, 0.1) is 31.3 Å². The van der Waals surface area contributed by atoms with Crippen molar-refractivity contribution < 1.29 is 18.9 Å². The molecule has 1 aliphatic heterocycles. The maximum atomic E-state index is 6.46. The van der Waals surface area contributed by atoms with E-state index in [1.807, 2.05) is 72.8 Å². The summed E-state index contributed by atoms with van der Waals surface area (Å²) in [5.74, 6) is 6.85. The summed E-state index contributed by atoms with van der Waals surface area (Å²) in [5.41, 5.74) is 6.04. The van der Waals surface area contributed by atoms with Crippen molar-refractivity contribution in [2.75, 3.05) is 40.0 Å². The zero-order valence-corrected chi connectivity index (χ0v) is 46.3. The number of ether oxygens (including phenoxy) is 4. The Bertz CT molecular complexity index is 3050. The van der Waals surface area contributed by atoms with Gasteiger partial charge >= 0.3 is 0 Å². The molecule has 396 valence electrons. The third kappa shape index (κ3) is 14.9. The van der Waals surface area contributed by atoms with Gasteiger partial charge in [0.25, 0.3) is 0 Å². The van der Waals surface area contributed by atoms with E-state index in [4.69, 9.17) is 52.1 Å². The van der Waals surface area contributed by atoms with Crippen molar-refractivity contribution in [3.63, 3.8) is 0 Å². The number of aromatic nitrogens is 4. The van der Waals surface area contributed by atoms with E-state index in [0.29, 0.717) is 29.3 Å². The lowest BCUT2D eigenvalue weighted by molar-refractivity contribution is 0.0423. The summed E-state index contributed by atoms with van der Waals surface area (Å²) in [6.45, 7) is 13.2. The molecular weight excluding hydrogens is 988 g/mol. The van der Waals surface area contributed by atoms with Crippen molar-refractivity contribution >= 4 is 23.2 Å². The van der Waals surface area contributed by atoms with Gasteiger partial charge in [0.15, 0.2) is 0 Å². The van der Waals surface area contributed by atoms with Crippen LogP contribution < -0.4 is 18.9 Å². The van der Waals surface area contributed by atoms with E-state index in [1.165, 1.54) is 19.3 Å². The van der Waals surface area contributed by atoms with Gasteiger partial charge in [0.2, 0.25) is 0 Å². The fraction of sp³-hybridized carbons (Fsp3) is 0.344. The number of halogens is 2. The third-order valence-electron chi connectivity index (χ3n) is 13.9. The second kappa shape index (κ2) is 26.0. The molecule has 1 unspecified atom stereocenters. The quantitative estimate of drug-likeness (QED) is 0.0560. The molecule has 1 fully saturated rings. The number of aryl methyl sites for hydroxylation is 2. The SMILES string of the molecule is CCCCc1nc(-c2ccc(OCCC3CCCCN3CN(C)CC(C)(C)COc3ccc(-c4cn(-c5ccc(Oc6ccc(Cl)cc6)cc5)c(CCCC)n4)cc3)cc2)cn1-c1ccc(Oc2ccc(Cl)cc2)cc1. The molecule has 0 N–H and O–H groups in total. The van der Waals surface area contributed by atoms with E-state index in [0.717, 1.165) is 145 Å². The van der Waals surface area contributed by atoms with Crippen LogP contribution in [0.2, 0.25) is 10.0 Å². The Labute approximate surface area is 460 Å². The number of imidazole rings is 2. The summed E-state index contributed by atoms with van der Waals surface area (Å²) in [4.78, 5) is 15.3. The molecule has 2 aromatic heterocycles. The minimum atomic E-state index is -0.0640. The lowest BCUT2D eigenvalue weighted by Gasteiger charge is -2.40. The smallest absolute Gasteiger partial charge is 0.127 e. The molecular formula is C64H72Cl2N6O4. The number of unbranched alkanes of at least 4 members (excludes halogenated alkanes) is 2. The normalized spacial score (nSPS) is 14.0. The van der Waals surface area contributed by atoms with Gasteiger partial charge in [-0.05, 0) is 191 Å². The number of benzene rings is 6. The van der Waals surface area contributed by atoms with Crippen LogP contribution in [0, 0.1) is 5.41 Å². The molecule has 9 rings (SSSR count). The van der Waals surface area contributed by atoms with Crippen molar-refractivity contribution in [3.8, 4) is 68.4 Å². The first-order valence-corrected chi connectivity index (χ1v) is 27.9. The van der Waals surface area contributed by atoms with Crippen molar-refractivity contribution in [1.82, 2.24) is 28.9 Å². The molecule has 0 radical (unpaired) electrons. The Kier molecular flexibility index (Phi) is 18.5. The highest BCUT2D eigenvalue weighted by Gasteiger charge is 2.27. The number of hydrogen-bond donors (Lipinski definition) is 0. The Morgan fingerprint density at radius 3 is 1.46 bits per heavy atom. The van der Waals surface area contributed by atoms with Crippen molar-refractivity contribution in [2.45, 2.75) is 97.9 Å². The van der Waals surface area contributed by atoms with E-state index >= 15 is 0 Å². The first-order valence-electron chi connectivity index (χ1n) is 27.1. The highest BCUT2D eigenvalue weighted by atomic mass is 35.5. The fourth-order valence-electron chi connectivity index (χ4n) is 9.96. The maximum Gasteiger partial charge on any atom is 0.127 e. The highest BCUT2D eigenvalue weighted by Crippen LogP contribution is 2.32. The van der Waals surface area contributed by atoms with Gasteiger partial charge in [-0.3, -0.25) is 9.80 Å². The van der Waals surface area contributed by atoms with Crippen LogP contribution in [-0.2, 0) is 12.8 Å². The monoisotopic (exact) mass is 1060 g/mol. The molecule has 12 heteroatoms. The number of likely N-dealkylation sites (tertiary alicyclic amines) is 1. The minimum absolute atomic E-state index is 0.0640. The molecule has 0 saturated carbocycles. The van der Waals surface area contributed by atoms with Gasteiger partial charge < -0.3 is 28.1 Å². The van der Waals surface area contributed by atoms with Crippen LogP contribution >= 0.6 is 23.2 Å². The second-order valence-electron chi connectivity index (χ2n) is 20.9. The molecule has 10 nitrogen and oxygen atoms in total. The van der Waals surface area contributed by atoms with Crippen LogP contribution in [0.1, 0.15) is 90.7 Å². The molecule has 8 aromatic rings. The largest absolute Gasteiger partial charge is 0.494 e. The van der Waals surface area contributed by atoms with E-state index in [9.17, 15) is 0 Å². The van der Waals surface area contributed by atoms with Crippen molar-refractivity contribution in [3.05, 3.63) is 180 Å². The second-order valence-corrected chi connectivity index (χ2v) is 21.8. The van der Waals surface area contributed by atoms with Crippen molar-refractivity contribution in [1.29, 1.82) is 0 Å². The zero-order chi connectivity index (χ0) is 52.9. The lowest BCUT2D eigenvalue weighted by Crippen LogP contribution is -2.48. The van der Waals surface area contributed by atoms with E-state index in [-0.39, 0.29) is 5.41 Å². The average Bonchev–Trinajstić information content (AvgIpc) is 4.07. The van der Waals surface area contributed by atoms with Crippen LogP contribution in [0.25, 0.3) is 33.9 Å². The van der Waals surface area contributed by atoms with Crippen LogP contribution in [0.15, 0.2) is 158 Å². The van der Waals surface area contributed by atoms with Crippen LogP contribution in [0.4, 0.5) is 0 Å². The number of hydrogen-bond acceptors (Lipinski definition) is 8. The van der Waals surface area contributed by atoms with E-state index in [2.05, 4.69) is 139 Å². The summed E-state index contributed by atoms with van der Waals surface area (Å²) in [6.07, 6.45) is 15.1. The summed E-state index contributed by atoms with van der Waals surface area (Å²) < 4.78 is 29.4. The number of rotatable bonds is 25. The van der Waals surface area contributed by atoms with E-state index in [1.54, 1.807) is 0 Å². The van der Waals surface area contributed by atoms with Crippen LogP contribution in [0.5, 0.6) is 34.5 Å². The molecule has 0 aliphatic carbocycles. The minimum Gasteiger partial charge on any atom is -0.494 e. The third-order valence-corrected chi connectivity index (χ3v) is 14.4. The Morgan fingerprint density at radius 2 is 1.00 bits per heavy atom. The summed E-state index contributed by atoms with van der Waals surface area (Å²) >= 11 is 12.1. The maximum absolute atomic E-state index is 6.46. The highest BCUT2D eigenvalue weighted by molar-refractivity contribution is 6.30. The summed E-state index contributed by atoms with van der Waals surface area (Å²) in [7, 11) is 2.24. The average molecular weight is 1060 g/mol. The van der Waals surface area contributed by atoms with Crippen LogP contribution in [0.3, 0.4) is 0 Å². The molecule has 0 bridgehead atoms. The standard InChI is InChI=1S/C64H72Cl2N6O4/c1-6-8-13-62-67-60(42-71(62)52-23-35-58(36-24-52)75-56-31-19-49(65)20-32-56)47-15-27-54(28-16-47)73-41-39-51-12-10-11-40-70(51)46-69(5)44-64(3,4)45-74-55-29-17-48(18-30-55)61-43-72(63(68-61)14-9-7-2)53-25-37-59(38-26-53)76-57-33-21-50(66)22-34-57/h15-38,42-43,51H,6-14,39-41,44-46H2,1-5H3. The molecule has 0 spiro atoms.